The number of aliphatic hydroxyl groups is 1. The minimum Gasteiger partial charge on any atom is -0.388 e. The molecule has 0 aliphatic heterocycles. The smallest absolute Gasteiger partial charge is 0.288 e. The van der Waals surface area contributed by atoms with Crippen LogP contribution in [0.2, 0.25) is 0 Å². The van der Waals surface area contributed by atoms with Crippen LogP contribution >= 0.6 is 0 Å². The van der Waals surface area contributed by atoms with Crippen LogP contribution in [-0.4, -0.2) is 38.3 Å². The molecule has 1 aliphatic rings. The Hall–Kier alpha value is -1.43. The number of rotatable bonds is 3. The summed E-state index contributed by atoms with van der Waals surface area (Å²) in [4.78, 5) is 15.3. The molecule has 0 bridgehead atoms. The van der Waals surface area contributed by atoms with Crippen molar-refractivity contribution >= 4 is 5.91 Å². The van der Waals surface area contributed by atoms with Gasteiger partial charge in [0.2, 0.25) is 5.82 Å². The van der Waals surface area contributed by atoms with E-state index in [0.717, 1.165) is 25.7 Å². The lowest BCUT2D eigenvalue weighted by Crippen LogP contribution is -2.44. The van der Waals surface area contributed by atoms with E-state index in [1.807, 2.05) is 0 Å². The van der Waals surface area contributed by atoms with Gasteiger partial charge >= 0.3 is 0 Å². The van der Waals surface area contributed by atoms with E-state index in [9.17, 15) is 9.90 Å². The fraction of sp³-hybridized carbons (Fsp3) is 0.700. The summed E-state index contributed by atoms with van der Waals surface area (Å²) in [7, 11) is 0. The number of nitrogens with zero attached hydrogens (tertiary/aromatic N) is 2. The summed E-state index contributed by atoms with van der Waals surface area (Å²) in [6.07, 6.45) is 6.00. The Balaban J connectivity index is 1.84. The predicted molar refractivity (Wildman–Crippen MR) is 56.8 cm³/mol. The van der Waals surface area contributed by atoms with Gasteiger partial charge in [0, 0.05) is 6.54 Å². The third kappa shape index (κ3) is 2.57. The largest absolute Gasteiger partial charge is 0.388 e. The highest BCUT2D eigenvalue weighted by molar-refractivity contribution is 5.90. The molecule has 1 amide bonds. The molecular weight excluding hydrogens is 208 g/mol. The van der Waals surface area contributed by atoms with Crippen molar-refractivity contribution in [3.63, 3.8) is 0 Å². The Morgan fingerprint density at radius 3 is 2.88 bits per heavy atom. The van der Waals surface area contributed by atoms with Gasteiger partial charge in [-0.3, -0.25) is 9.89 Å². The molecule has 2 rings (SSSR count). The molecule has 1 aromatic rings. The first-order valence-corrected chi connectivity index (χ1v) is 5.56. The van der Waals surface area contributed by atoms with Crippen LogP contribution in [0.15, 0.2) is 6.33 Å². The second-order valence-corrected chi connectivity index (χ2v) is 4.30. The van der Waals surface area contributed by atoms with E-state index in [1.54, 1.807) is 0 Å². The molecule has 0 atom stereocenters. The van der Waals surface area contributed by atoms with Gasteiger partial charge in [0.1, 0.15) is 6.33 Å². The topological polar surface area (TPSA) is 90.9 Å². The van der Waals surface area contributed by atoms with E-state index in [-0.39, 0.29) is 18.3 Å². The fourth-order valence-electron chi connectivity index (χ4n) is 2.03. The Labute approximate surface area is 93.5 Å². The summed E-state index contributed by atoms with van der Waals surface area (Å²) in [6.45, 7) is 0.284. The van der Waals surface area contributed by atoms with E-state index in [0.29, 0.717) is 0 Å². The lowest BCUT2D eigenvalue weighted by molar-refractivity contribution is 0.00516. The van der Waals surface area contributed by atoms with Crippen molar-refractivity contribution in [1.82, 2.24) is 20.5 Å². The summed E-state index contributed by atoms with van der Waals surface area (Å²) in [6, 6.07) is 0. The van der Waals surface area contributed by atoms with Gasteiger partial charge in [0.15, 0.2) is 0 Å². The van der Waals surface area contributed by atoms with E-state index < -0.39 is 5.60 Å². The number of amides is 1. The van der Waals surface area contributed by atoms with Gasteiger partial charge in [-0.1, -0.05) is 19.3 Å². The number of carbonyl (C=O) groups excluding carboxylic acids is 1. The number of aromatic nitrogens is 3. The lowest BCUT2D eigenvalue weighted by atomic mass is 9.85. The minimum atomic E-state index is -0.742. The molecule has 1 aromatic heterocycles. The molecule has 6 nitrogen and oxygen atoms in total. The minimum absolute atomic E-state index is 0.180. The van der Waals surface area contributed by atoms with Crippen LogP contribution in [0.5, 0.6) is 0 Å². The Kier molecular flexibility index (Phi) is 3.19. The van der Waals surface area contributed by atoms with Crippen molar-refractivity contribution in [2.45, 2.75) is 37.7 Å². The highest BCUT2D eigenvalue weighted by Gasteiger charge is 2.29. The maximum Gasteiger partial charge on any atom is 0.288 e. The molecule has 1 saturated carbocycles. The zero-order chi connectivity index (χ0) is 11.4. The van der Waals surface area contributed by atoms with Crippen molar-refractivity contribution in [1.29, 1.82) is 0 Å². The molecule has 16 heavy (non-hydrogen) atoms. The zero-order valence-corrected chi connectivity index (χ0v) is 9.07. The molecule has 88 valence electrons. The number of hydrogen-bond donors (Lipinski definition) is 3. The summed E-state index contributed by atoms with van der Waals surface area (Å²) < 4.78 is 0. The highest BCUT2D eigenvalue weighted by atomic mass is 16.3. The molecule has 0 aromatic carbocycles. The zero-order valence-electron chi connectivity index (χ0n) is 9.07. The van der Waals surface area contributed by atoms with E-state index in [1.165, 1.54) is 12.7 Å². The first-order valence-electron chi connectivity index (χ1n) is 5.56. The number of carbonyl (C=O) groups is 1. The van der Waals surface area contributed by atoms with Gasteiger partial charge < -0.3 is 10.4 Å². The normalized spacial score (nSPS) is 19.3. The molecular formula is C10H16N4O2. The van der Waals surface area contributed by atoms with Crippen molar-refractivity contribution in [3.8, 4) is 0 Å². The van der Waals surface area contributed by atoms with Crippen LogP contribution < -0.4 is 5.32 Å². The molecule has 6 heteroatoms. The molecule has 0 unspecified atom stereocenters. The quantitative estimate of drug-likeness (QED) is 0.685. The average molecular weight is 224 g/mol. The summed E-state index contributed by atoms with van der Waals surface area (Å²) in [5.74, 6) is -0.143. The van der Waals surface area contributed by atoms with Gasteiger partial charge in [0.25, 0.3) is 5.91 Å². The lowest BCUT2D eigenvalue weighted by Gasteiger charge is -2.31. The molecule has 1 heterocycles. The van der Waals surface area contributed by atoms with Crippen LogP contribution in [0, 0.1) is 0 Å². The van der Waals surface area contributed by atoms with Crippen LogP contribution in [0.25, 0.3) is 0 Å². The van der Waals surface area contributed by atoms with Gasteiger partial charge in [-0.05, 0) is 12.8 Å². The summed E-state index contributed by atoms with van der Waals surface area (Å²) in [5.41, 5.74) is -0.742. The standard InChI is InChI=1S/C10H16N4O2/c15-9(8-12-7-13-14-8)11-6-10(16)4-2-1-3-5-10/h7,16H,1-6H2,(H,11,15)(H,12,13,14). The fourth-order valence-corrected chi connectivity index (χ4v) is 2.03. The van der Waals surface area contributed by atoms with Gasteiger partial charge in [-0.25, -0.2) is 4.98 Å². The van der Waals surface area contributed by atoms with E-state index in [4.69, 9.17) is 0 Å². The summed E-state index contributed by atoms with van der Waals surface area (Å²) in [5, 5.41) is 18.9. The van der Waals surface area contributed by atoms with Crippen molar-refractivity contribution < 1.29 is 9.90 Å². The number of aromatic amines is 1. The van der Waals surface area contributed by atoms with Crippen LogP contribution in [0.1, 0.15) is 42.7 Å². The molecule has 0 spiro atoms. The highest BCUT2D eigenvalue weighted by Crippen LogP contribution is 2.27. The van der Waals surface area contributed by atoms with Crippen molar-refractivity contribution in [2.75, 3.05) is 6.54 Å². The van der Waals surface area contributed by atoms with Gasteiger partial charge in [-0.2, -0.15) is 5.10 Å². The number of hydrogen-bond acceptors (Lipinski definition) is 4. The van der Waals surface area contributed by atoms with Crippen LogP contribution in [0.3, 0.4) is 0 Å². The number of H-pyrrole nitrogens is 1. The third-order valence-corrected chi connectivity index (χ3v) is 2.99. The maximum absolute atomic E-state index is 11.5. The molecule has 0 saturated heterocycles. The maximum atomic E-state index is 11.5. The van der Waals surface area contributed by atoms with Gasteiger partial charge in [0.05, 0.1) is 5.60 Å². The summed E-state index contributed by atoms with van der Waals surface area (Å²) >= 11 is 0. The molecule has 1 aliphatic carbocycles. The third-order valence-electron chi connectivity index (χ3n) is 2.99. The van der Waals surface area contributed by atoms with Crippen LogP contribution in [-0.2, 0) is 0 Å². The van der Waals surface area contributed by atoms with Crippen LogP contribution in [0.4, 0.5) is 0 Å². The second-order valence-electron chi connectivity index (χ2n) is 4.30. The first-order chi connectivity index (χ1) is 7.70. The predicted octanol–water partition coefficient (Wildman–Crippen LogP) is 0.230. The van der Waals surface area contributed by atoms with Gasteiger partial charge in [-0.15, -0.1) is 0 Å². The molecule has 1 fully saturated rings. The SMILES string of the molecule is O=C(NCC1(O)CCCCC1)c1ncn[nH]1. The van der Waals surface area contributed by atoms with E-state index in [2.05, 4.69) is 20.5 Å². The van der Waals surface area contributed by atoms with E-state index >= 15 is 0 Å². The monoisotopic (exact) mass is 224 g/mol. The first kappa shape index (κ1) is 11.1. The average Bonchev–Trinajstić information content (AvgIpc) is 2.80. The molecule has 3 N–H and O–H groups in total. The Morgan fingerprint density at radius 2 is 2.25 bits per heavy atom. The molecule has 0 radical (unpaired) electrons. The van der Waals surface area contributed by atoms with Crippen molar-refractivity contribution in [3.05, 3.63) is 12.2 Å². The Bertz CT molecular complexity index is 344. The Morgan fingerprint density at radius 1 is 1.50 bits per heavy atom. The number of nitrogens with one attached hydrogen (secondary N) is 2. The second kappa shape index (κ2) is 4.61. The van der Waals surface area contributed by atoms with Crippen molar-refractivity contribution in [2.24, 2.45) is 0 Å².